The number of imidazole rings is 1. The zero-order valence-electron chi connectivity index (χ0n) is 15.2. The van der Waals surface area contributed by atoms with Gasteiger partial charge in [0, 0.05) is 18.0 Å². The summed E-state index contributed by atoms with van der Waals surface area (Å²) in [6.07, 6.45) is -0.450. The number of alkyl halides is 3. The van der Waals surface area contributed by atoms with Crippen molar-refractivity contribution in [2.24, 2.45) is 0 Å². The summed E-state index contributed by atoms with van der Waals surface area (Å²) in [6.45, 7) is 1.88. The van der Waals surface area contributed by atoms with E-state index in [2.05, 4.69) is 15.0 Å². The maximum Gasteiger partial charge on any atom is 0.451 e. The standard InChI is InChI=1S/C21H14F4N4/c1-13-2-4-15(5-3-13)18-17(14-6-8-16(22)9-7-14)19(29-11-10-26-12-29)28-20(27-18)21(23,24)25/h2-12H,1H3. The van der Waals surface area contributed by atoms with E-state index in [9.17, 15) is 17.6 Å². The number of hydrogen-bond acceptors (Lipinski definition) is 3. The molecule has 0 unspecified atom stereocenters. The lowest BCUT2D eigenvalue weighted by Crippen LogP contribution is -2.15. The Bertz CT molecular complexity index is 1130. The number of rotatable bonds is 3. The van der Waals surface area contributed by atoms with Crippen LogP contribution >= 0.6 is 0 Å². The van der Waals surface area contributed by atoms with Gasteiger partial charge >= 0.3 is 6.18 Å². The van der Waals surface area contributed by atoms with Crippen LogP contribution in [0.2, 0.25) is 0 Å². The van der Waals surface area contributed by atoms with Crippen molar-refractivity contribution in [2.45, 2.75) is 13.1 Å². The zero-order chi connectivity index (χ0) is 20.6. The lowest BCUT2D eigenvalue weighted by molar-refractivity contribution is -0.144. The number of aromatic nitrogens is 4. The largest absolute Gasteiger partial charge is 0.451 e. The Labute approximate surface area is 163 Å². The van der Waals surface area contributed by atoms with E-state index in [0.29, 0.717) is 16.7 Å². The van der Waals surface area contributed by atoms with Gasteiger partial charge in [0.1, 0.15) is 12.1 Å². The van der Waals surface area contributed by atoms with Crippen LogP contribution < -0.4 is 0 Å². The van der Waals surface area contributed by atoms with Crippen LogP contribution in [-0.2, 0) is 6.18 Å². The first-order valence-corrected chi connectivity index (χ1v) is 8.63. The van der Waals surface area contributed by atoms with Crippen molar-refractivity contribution in [3.05, 3.63) is 84.5 Å². The molecule has 0 saturated heterocycles. The van der Waals surface area contributed by atoms with Crippen LogP contribution in [0.1, 0.15) is 11.4 Å². The van der Waals surface area contributed by atoms with Crippen molar-refractivity contribution < 1.29 is 17.6 Å². The monoisotopic (exact) mass is 398 g/mol. The third-order valence-corrected chi connectivity index (χ3v) is 4.35. The zero-order valence-corrected chi connectivity index (χ0v) is 15.2. The predicted molar refractivity (Wildman–Crippen MR) is 99.7 cm³/mol. The average molecular weight is 398 g/mol. The van der Waals surface area contributed by atoms with Crippen molar-refractivity contribution in [3.8, 4) is 28.2 Å². The van der Waals surface area contributed by atoms with E-state index in [-0.39, 0.29) is 11.5 Å². The van der Waals surface area contributed by atoms with Crippen LogP contribution in [0.5, 0.6) is 0 Å². The second kappa shape index (κ2) is 7.12. The Morgan fingerprint density at radius 2 is 1.52 bits per heavy atom. The third-order valence-electron chi connectivity index (χ3n) is 4.35. The molecule has 0 radical (unpaired) electrons. The minimum Gasteiger partial charge on any atom is -0.290 e. The first-order valence-electron chi connectivity index (χ1n) is 8.63. The molecule has 4 nitrogen and oxygen atoms in total. The quantitative estimate of drug-likeness (QED) is 0.430. The van der Waals surface area contributed by atoms with Crippen molar-refractivity contribution in [1.82, 2.24) is 19.5 Å². The first-order chi connectivity index (χ1) is 13.8. The minimum absolute atomic E-state index is 0.00649. The third kappa shape index (κ3) is 3.73. The van der Waals surface area contributed by atoms with E-state index >= 15 is 0 Å². The molecule has 0 fully saturated rings. The maximum atomic E-state index is 13.6. The van der Waals surface area contributed by atoms with Gasteiger partial charge < -0.3 is 0 Å². The number of halogens is 4. The van der Waals surface area contributed by atoms with Crippen LogP contribution in [0.4, 0.5) is 17.6 Å². The van der Waals surface area contributed by atoms with Gasteiger partial charge in [-0.25, -0.2) is 19.3 Å². The molecule has 0 atom stereocenters. The predicted octanol–water partition coefficient (Wildman–Crippen LogP) is 5.46. The summed E-state index contributed by atoms with van der Waals surface area (Å²) in [4.78, 5) is 11.5. The summed E-state index contributed by atoms with van der Waals surface area (Å²) in [6, 6.07) is 12.4. The summed E-state index contributed by atoms with van der Waals surface area (Å²) >= 11 is 0. The SMILES string of the molecule is Cc1ccc(-c2nc(C(F)(F)F)nc(-n3ccnc3)c2-c2ccc(F)cc2)cc1. The summed E-state index contributed by atoms with van der Waals surface area (Å²) in [5.41, 5.74) is 2.38. The Kier molecular flexibility index (Phi) is 4.62. The Morgan fingerprint density at radius 1 is 0.862 bits per heavy atom. The van der Waals surface area contributed by atoms with Gasteiger partial charge in [0.2, 0.25) is 5.82 Å². The molecule has 0 bridgehead atoms. The van der Waals surface area contributed by atoms with E-state index < -0.39 is 17.8 Å². The minimum atomic E-state index is -4.74. The van der Waals surface area contributed by atoms with Crippen LogP contribution in [0.3, 0.4) is 0 Å². The number of nitrogens with zero attached hydrogens (tertiary/aromatic N) is 4. The normalized spacial score (nSPS) is 11.6. The van der Waals surface area contributed by atoms with E-state index in [1.165, 1.54) is 47.6 Å². The molecule has 8 heteroatoms. The lowest BCUT2D eigenvalue weighted by Gasteiger charge is -2.17. The van der Waals surface area contributed by atoms with E-state index in [0.717, 1.165) is 5.56 Å². The molecule has 2 heterocycles. The molecular weight excluding hydrogens is 384 g/mol. The topological polar surface area (TPSA) is 43.6 Å². The van der Waals surface area contributed by atoms with Gasteiger partial charge in [-0.05, 0) is 24.6 Å². The number of benzene rings is 2. The summed E-state index contributed by atoms with van der Waals surface area (Å²) in [5, 5.41) is 0. The Hall–Kier alpha value is -3.55. The van der Waals surface area contributed by atoms with Crippen LogP contribution in [-0.4, -0.2) is 19.5 Å². The summed E-state index contributed by atoms with van der Waals surface area (Å²) < 4.78 is 55.5. The highest BCUT2D eigenvalue weighted by molar-refractivity contribution is 5.85. The second-order valence-electron chi connectivity index (χ2n) is 6.44. The fraction of sp³-hybridized carbons (Fsp3) is 0.0952. The molecule has 29 heavy (non-hydrogen) atoms. The fourth-order valence-electron chi connectivity index (χ4n) is 2.95. The molecular formula is C21H14F4N4. The van der Waals surface area contributed by atoms with Gasteiger partial charge in [-0.3, -0.25) is 4.57 Å². The lowest BCUT2D eigenvalue weighted by atomic mass is 9.98. The van der Waals surface area contributed by atoms with Crippen molar-refractivity contribution >= 4 is 0 Å². The van der Waals surface area contributed by atoms with Gasteiger partial charge in [-0.2, -0.15) is 13.2 Å². The molecule has 0 saturated carbocycles. The van der Waals surface area contributed by atoms with Crippen molar-refractivity contribution in [1.29, 1.82) is 0 Å². The highest BCUT2D eigenvalue weighted by Gasteiger charge is 2.37. The van der Waals surface area contributed by atoms with Gasteiger partial charge in [0.05, 0.1) is 11.3 Å². The number of hydrogen-bond donors (Lipinski definition) is 0. The van der Waals surface area contributed by atoms with Crippen LogP contribution in [0.25, 0.3) is 28.2 Å². The van der Waals surface area contributed by atoms with Crippen molar-refractivity contribution in [2.75, 3.05) is 0 Å². The molecule has 0 aliphatic rings. The first kappa shape index (κ1) is 18.8. The maximum absolute atomic E-state index is 13.6. The second-order valence-corrected chi connectivity index (χ2v) is 6.44. The molecule has 2 aromatic carbocycles. The fourth-order valence-corrected chi connectivity index (χ4v) is 2.95. The number of aryl methyl sites for hydroxylation is 1. The van der Waals surface area contributed by atoms with E-state index in [4.69, 9.17) is 0 Å². The smallest absolute Gasteiger partial charge is 0.290 e. The van der Waals surface area contributed by atoms with Crippen LogP contribution in [0.15, 0.2) is 67.3 Å². The molecule has 2 aromatic heterocycles. The molecule has 146 valence electrons. The van der Waals surface area contributed by atoms with Gasteiger partial charge in [-0.1, -0.05) is 42.0 Å². The van der Waals surface area contributed by atoms with Crippen LogP contribution in [0, 0.1) is 12.7 Å². The molecule has 0 spiro atoms. The van der Waals surface area contributed by atoms with Gasteiger partial charge in [0.15, 0.2) is 5.82 Å². The highest BCUT2D eigenvalue weighted by Crippen LogP contribution is 2.38. The molecule has 0 amide bonds. The average Bonchev–Trinajstić information content (AvgIpc) is 3.22. The molecule has 0 aliphatic carbocycles. The Balaban J connectivity index is 2.09. The highest BCUT2D eigenvalue weighted by atomic mass is 19.4. The summed E-state index contributed by atoms with van der Waals surface area (Å²) in [7, 11) is 0. The van der Waals surface area contributed by atoms with E-state index in [1.54, 1.807) is 24.3 Å². The Morgan fingerprint density at radius 3 is 2.10 bits per heavy atom. The van der Waals surface area contributed by atoms with Gasteiger partial charge in [-0.15, -0.1) is 0 Å². The van der Waals surface area contributed by atoms with Crippen molar-refractivity contribution in [3.63, 3.8) is 0 Å². The summed E-state index contributed by atoms with van der Waals surface area (Å²) in [5.74, 6) is -1.71. The molecule has 0 N–H and O–H groups in total. The molecule has 4 rings (SSSR count). The van der Waals surface area contributed by atoms with Gasteiger partial charge in [0.25, 0.3) is 0 Å². The molecule has 4 aromatic rings. The van der Waals surface area contributed by atoms with E-state index in [1.807, 2.05) is 6.92 Å². The molecule has 0 aliphatic heterocycles.